The third-order valence-corrected chi connectivity index (χ3v) is 6.14. The molecule has 0 radical (unpaired) electrons. The van der Waals surface area contributed by atoms with Crippen molar-refractivity contribution in [3.8, 4) is 11.4 Å². The second-order valence-electron chi connectivity index (χ2n) is 7.43. The van der Waals surface area contributed by atoms with Gasteiger partial charge in [0.25, 0.3) is 5.91 Å². The number of ether oxygens (including phenoxy) is 1. The number of carbonyl (C=O) groups is 1. The van der Waals surface area contributed by atoms with E-state index in [-0.39, 0.29) is 24.0 Å². The quantitative estimate of drug-likeness (QED) is 0.738. The summed E-state index contributed by atoms with van der Waals surface area (Å²) >= 11 is 1.27. The lowest BCUT2D eigenvalue weighted by Crippen LogP contribution is -2.44. The molecule has 0 bridgehead atoms. The molecule has 1 saturated carbocycles. The lowest BCUT2D eigenvalue weighted by molar-refractivity contribution is -0.126. The van der Waals surface area contributed by atoms with Crippen LogP contribution in [0.2, 0.25) is 0 Å². The van der Waals surface area contributed by atoms with Crippen LogP contribution in [0.25, 0.3) is 11.4 Å². The van der Waals surface area contributed by atoms with E-state index in [4.69, 9.17) is 4.74 Å². The summed E-state index contributed by atoms with van der Waals surface area (Å²) in [7, 11) is 0. The molecule has 2 aliphatic rings. The van der Waals surface area contributed by atoms with Crippen LogP contribution in [0.15, 0.2) is 17.9 Å². The number of rotatable bonds is 6. The highest BCUT2D eigenvalue weighted by molar-refractivity contribution is 7.12. The van der Waals surface area contributed by atoms with E-state index >= 15 is 0 Å². The van der Waals surface area contributed by atoms with Crippen LogP contribution < -0.4 is 10.6 Å². The Kier molecular flexibility index (Phi) is 5.88. The molecule has 1 saturated heterocycles. The summed E-state index contributed by atoms with van der Waals surface area (Å²) in [5.74, 6) is -0.244. The first kappa shape index (κ1) is 20.3. The molecule has 2 aromatic rings. The number of imidazole rings is 1. The molecule has 158 valence electrons. The van der Waals surface area contributed by atoms with E-state index in [1.807, 2.05) is 9.95 Å². The predicted molar refractivity (Wildman–Crippen MR) is 101 cm³/mol. The van der Waals surface area contributed by atoms with E-state index in [1.165, 1.54) is 11.3 Å². The molecule has 1 aliphatic carbocycles. The molecule has 3 heterocycles. The highest BCUT2D eigenvalue weighted by atomic mass is 32.1. The SMILES string of the molecule is O=C(NC1CCC(NCC(F)(F)F)CC1)c1nc(-c2cncn2C2COC2)cs1. The first-order chi connectivity index (χ1) is 13.9. The van der Waals surface area contributed by atoms with Crippen molar-refractivity contribution in [1.29, 1.82) is 0 Å². The number of hydrogen-bond acceptors (Lipinski definition) is 6. The fourth-order valence-electron chi connectivity index (χ4n) is 3.62. The molecular formula is C18H22F3N5O2S. The lowest BCUT2D eigenvalue weighted by Gasteiger charge is -2.29. The van der Waals surface area contributed by atoms with Crippen molar-refractivity contribution < 1.29 is 22.7 Å². The molecule has 29 heavy (non-hydrogen) atoms. The predicted octanol–water partition coefficient (Wildman–Crippen LogP) is 2.77. The first-order valence-corrected chi connectivity index (χ1v) is 10.4. The fraction of sp³-hybridized carbons (Fsp3) is 0.611. The molecule has 2 fully saturated rings. The summed E-state index contributed by atoms with van der Waals surface area (Å²) in [5.41, 5.74) is 1.55. The van der Waals surface area contributed by atoms with Crippen LogP contribution in [0.4, 0.5) is 13.2 Å². The van der Waals surface area contributed by atoms with Crippen molar-refractivity contribution in [2.45, 2.75) is 50.0 Å². The second kappa shape index (κ2) is 8.41. The van der Waals surface area contributed by atoms with Gasteiger partial charge < -0.3 is 19.9 Å². The van der Waals surface area contributed by atoms with Crippen LogP contribution in [0, 0.1) is 0 Å². The zero-order chi connectivity index (χ0) is 20.4. The van der Waals surface area contributed by atoms with E-state index in [2.05, 4.69) is 20.6 Å². The second-order valence-corrected chi connectivity index (χ2v) is 8.29. The average molecular weight is 429 g/mol. The average Bonchev–Trinajstić information content (AvgIpc) is 3.28. The number of alkyl halides is 3. The van der Waals surface area contributed by atoms with Gasteiger partial charge in [0.05, 0.1) is 44.0 Å². The van der Waals surface area contributed by atoms with Gasteiger partial charge >= 0.3 is 6.18 Å². The van der Waals surface area contributed by atoms with E-state index in [9.17, 15) is 18.0 Å². The van der Waals surface area contributed by atoms with Gasteiger partial charge in [-0.3, -0.25) is 4.79 Å². The number of nitrogens with one attached hydrogen (secondary N) is 2. The monoisotopic (exact) mass is 429 g/mol. The topological polar surface area (TPSA) is 81.1 Å². The molecule has 0 spiro atoms. The lowest BCUT2D eigenvalue weighted by atomic mass is 9.91. The van der Waals surface area contributed by atoms with Gasteiger partial charge in [-0.25, -0.2) is 9.97 Å². The molecule has 0 atom stereocenters. The van der Waals surface area contributed by atoms with Gasteiger partial charge in [0, 0.05) is 17.5 Å². The standard InChI is InChI=1S/C18H22F3N5O2S/c19-18(20,21)9-23-11-1-3-12(4-2-11)24-16(27)17-25-14(8-29-17)15-5-22-10-26(15)13-6-28-7-13/h5,8,10-13,23H,1-4,6-7,9H2,(H,24,27). The van der Waals surface area contributed by atoms with Gasteiger partial charge in [-0.2, -0.15) is 13.2 Å². The molecule has 11 heteroatoms. The summed E-state index contributed by atoms with van der Waals surface area (Å²) in [5, 5.41) is 7.71. The van der Waals surface area contributed by atoms with Crippen LogP contribution >= 0.6 is 11.3 Å². The maximum Gasteiger partial charge on any atom is 0.401 e. The zero-order valence-corrected chi connectivity index (χ0v) is 16.4. The number of halogens is 3. The maximum atomic E-state index is 12.6. The molecular weight excluding hydrogens is 407 g/mol. The number of thiazole rings is 1. The summed E-state index contributed by atoms with van der Waals surface area (Å²) in [6.07, 6.45) is 1.77. The molecule has 1 aliphatic heterocycles. The van der Waals surface area contributed by atoms with Crippen molar-refractivity contribution in [3.63, 3.8) is 0 Å². The Morgan fingerprint density at radius 3 is 2.62 bits per heavy atom. The first-order valence-electron chi connectivity index (χ1n) is 9.55. The van der Waals surface area contributed by atoms with Crippen molar-refractivity contribution in [2.24, 2.45) is 0 Å². The number of aromatic nitrogens is 3. The van der Waals surface area contributed by atoms with Gasteiger partial charge in [0.2, 0.25) is 0 Å². The Morgan fingerprint density at radius 2 is 1.97 bits per heavy atom. The third-order valence-electron chi connectivity index (χ3n) is 5.29. The normalized spacial score (nSPS) is 23.0. The zero-order valence-electron chi connectivity index (χ0n) is 15.6. The smallest absolute Gasteiger partial charge is 0.377 e. The van der Waals surface area contributed by atoms with Crippen LogP contribution in [0.5, 0.6) is 0 Å². The Labute approximate surface area is 169 Å². The summed E-state index contributed by atoms with van der Waals surface area (Å²) in [6, 6.07) is 0.0380. The highest BCUT2D eigenvalue weighted by Crippen LogP contribution is 2.28. The van der Waals surface area contributed by atoms with E-state index < -0.39 is 12.7 Å². The van der Waals surface area contributed by atoms with E-state index in [1.54, 1.807) is 12.5 Å². The molecule has 2 aromatic heterocycles. The summed E-state index contributed by atoms with van der Waals surface area (Å²) in [6.45, 7) is 0.308. The Balaban J connectivity index is 1.30. The van der Waals surface area contributed by atoms with E-state index in [0.29, 0.717) is 49.6 Å². The van der Waals surface area contributed by atoms with Crippen molar-refractivity contribution in [2.75, 3.05) is 19.8 Å². The van der Waals surface area contributed by atoms with Crippen LogP contribution in [-0.4, -0.2) is 58.5 Å². The minimum atomic E-state index is -4.20. The summed E-state index contributed by atoms with van der Waals surface area (Å²) < 4.78 is 44.2. The number of nitrogens with zero attached hydrogens (tertiary/aromatic N) is 3. The number of amides is 1. The van der Waals surface area contributed by atoms with Crippen LogP contribution in [0.3, 0.4) is 0 Å². The van der Waals surface area contributed by atoms with Gasteiger partial charge in [-0.1, -0.05) is 0 Å². The molecule has 0 aromatic carbocycles. The minimum absolute atomic E-state index is 0.0450. The Hall–Kier alpha value is -1.98. The molecule has 4 rings (SSSR count). The Morgan fingerprint density at radius 1 is 1.24 bits per heavy atom. The molecule has 7 nitrogen and oxygen atoms in total. The summed E-state index contributed by atoms with van der Waals surface area (Å²) in [4.78, 5) is 21.2. The largest absolute Gasteiger partial charge is 0.401 e. The number of carbonyl (C=O) groups excluding carboxylic acids is 1. The fourth-order valence-corrected chi connectivity index (χ4v) is 4.34. The van der Waals surface area contributed by atoms with Crippen molar-refractivity contribution >= 4 is 17.2 Å². The van der Waals surface area contributed by atoms with Crippen LogP contribution in [-0.2, 0) is 4.74 Å². The highest BCUT2D eigenvalue weighted by Gasteiger charge is 2.30. The molecule has 0 unspecified atom stereocenters. The van der Waals surface area contributed by atoms with Crippen molar-refractivity contribution in [3.05, 3.63) is 22.9 Å². The Bertz CT molecular complexity index is 841. The van der Waals surface area contributed by atoms with Crippen molar-refractivity contribution in [1.82, 2.24) is 25.2 Å². The van der Waals surface area contributed by atoms with Gasteiger partial charge in [0.15, 0.2) is 5.01 Å². The van der Waals surface area contributed by atoms with Gasteiger partial charge in [-0.15, -0.1) is 11.3 Å². The third kappa shape index (κ3) is 4.96. The van der Waals surface area contributed by atoms with Gasteiger partial charge in [-0.05, 0) is 25.7 Å². The van der Waals surface area contributed by atoms with Gasteiger partial charge in [0.1, 0.15) is 5.69 Å². The molecule has 2 N–H and O–H groups in total. The maximum absolute atomic E-state index is 12.6. The van der Waals surface area contributed by atoms with E-state index in [0.717, 1.165) is 5.69 Å². The van der Waals surface area contributed by atoms with Crippen LogP contribution in [0.1, 0.15) is 41.5 Å². The number of hydrogen-bond donors (Lipinski definition) is 2. The molecule has 1 amide bonds. The minimum Gasteiger partial charge on any atom is -0.377 e.